The summed E-state index contributed by atoms with van der Waals surface area (Å²) in [5.74, 6) is 0.491. The summed E-state index contributed by atoms with van der Waals surface area (Å²) in [5, 5.41) is 6.23. The molecule has 0 saturated carbocycles. The molecule has 3 aromatic rings. The number of hydrogen-bond acceptors (Lipinski definition) is 4. The van der Waals surface area contributed by atoms with E-state index in [2.05, 4.69) is 10.6 Å². The number of benzene rings is 3. The SMILES string of the molecule is CCC(Sc1cccc(NC(=O)Cc2ccc(Cl)cc2)c1)C(=O)Nc1cccc(OC)c1. The molecule has 0 radical (unpaired) electrons. The predicted molar refractivity (Wildman–Crippen MR) is 132 cm³/mol. The number of hydrogen-bond donors (Lipinski definition) is 2. The molecule has 7 heteroatoms. The van der Waals surface area contributed by atoms with Crippen LogP contribution in [0.3, 0.4) is 0 Å². The highest BCUT2D eigenvalue weighted by atomic mass is 35.5. The molecule has 0 bridgehead atoms. The smallest absolute Gasteiger partial charge is 0.237 e. The van der Waals surface area contributed by atoms with Crippen molar-refractivity contribution in [1.29, 1.82) is 0 Å². The topological polar surface area (TPSA) is 67.4 Å². The molecule has 0 heterocycles. The number of carbonyl (C=O) groups excluding carboxylic acids is 2. The second kappa shape index (κ2) is 11.6. The average Bonchev–Trinajstić information content (AvgIpc) is 2.79. The van der Waals surface area contributed by atoms with Crippen LogP contribution in [0, 0.1) is 0 Å². The average molecular weight is 469 g/mol. The fourth-order valence-electron chi connectivity index (χ4n) is 3.05. The van der Waals surface area contributed by atoms with Crippen molar-refractivity contribution < 1.29 is 14.3 Å². The molecular formula is C25H25ClN2O3S. The van der Waals surface area contributed by atoms with Gasteiger partial charge in [-0.1, -0.05) is 42.8 Å². The van der Waals surface area contributed by atoms with Crippen LogP contribution >= 0.6 is 23.4 Å². The van der Waals surface area contributed by atoms with E-state index in [1.54, 1.807) is 25.3 Å². The Kier molecular flexibility index (Phi) is 8.59. The van der Waals surface area contributed by atoms with Crippen molar-refractivity contribution in [3.8, 4) is 5.75 Å². The monoisotopic (exact) mass is 468 g/mol. The molecule has 0 aliphatic heterocycles. The van der Waals surface area contributed by atoms with Crippen LogP contribution in [0.25, 0.3) is 0 Å². The Labute approximate surface area is 197 Å². The third kappa shape index (κ3) is 7.04. The van der Waals surface area contributed by atoms with Crippen LogP contribution in [-0.2, 0) is 16.0 Å². The number of anilines is 2. The molecule has 1 atom stereocenters. The van der Waals surface area contributed by atoms with Crippen LogP contribution in [0.15, 0.2) is 77.7 Å². The summed E-state index contributed by atoms with van der Waals surface area (Å²) in [5.41, 5.74) is 2.27. The normalized spacial score (nSPS) is 11.5. The Morgan fingerprint density at radius 3 is 2.34 bits per heavy atom. The largest absolute Gasteiger partial charge is 0.497 e. The lowest BCUT2D eigenvalue weighted by Gasteiger charge is -2.16. The lowest BCUT2D eigenvalue weighted by Crippen LogP contribution is -2.24. The maximum absolute atomic E-state index is 12.8. The summed E-state index contributed by atoms with van der Waals surface area (Å²) in [6, 6.07) is 22.0. The molecular weight excluding hydrogens is 444 g/mol. The zero-order valence-electron chi connectivity index (χ0n) is 17.9. The van der Waals surface area contributed by atoms with Crippen molar-refractivity contribution in [2.24, 2.45) is 0 Å². The number of halogens is 1. The fourth-order valence-corrected chi connectivity index (χ4v) is 4.19. The first-order valence-corrected chi connectivity index (χ1v) is 11.5. The van der Waals surface area contributed by atoms with Gasteiger partial charge in [0, 0.05) is 27.4 Å². The first-order valence-electron chi connectivity index (χ1n) is 10.2. The first-order chi connectivity index (χ1) is 15.5. The lowest BCUT2D eigenvalue weighted by atomic mass is 10.1. The highest BCUT2D eigenvalue weighted by Crippen LogP contribution is 2.29. The number of methoxy groups -OCH3 is 1. The van der Waals surface area contributed by atoms with E-state index in [0.717, 1.165) is 10.5 Å². The molecule has 166 valence electrons. The summed E-state index contributed by atoms with van der Waals surface area (Å²) in [6.45, 7) is 1.97. The third-order valence-electron chi connectivity index (χ3n) is 4.67. The molecule has 3 aromatic carbocycles. The highest BCUT2D eigenvalue weighted by molar-refractivity contribution is 8.00. The maximum atomic E-state index is 12.8. The summed E-state index contributed by atoms with van der Waals surface area (Å²) in [6.07, 6.45) is 0.919. The Hall–Kier alpha value is -2.96. The van der Waals surface area contributed by atoms with Crippen molar-refractivity contribution in [2.45, 2.75) is 29.9 Å². The van der Waals surface area contributed by atoms with E-state index in [-0.39, 0.29) is 23.5 Å². The minimum Gasteiger partial charge on any atom is -0.497 e. The second-order valence-corrected chi connectivity index (χ2v) is 8.83. The van der Waals surface area contributed by atoms with Gasteiger partial charge in [-0.3, -0.25) is 9.59 Å². The predicted octanol–water partition coefficient (Wildman–Crippen LogP) is 6.04. The van der Waals surface area contributed by atoms with Crippen LogP contribution in [0.4, 0.5) is 11.4 Å². The molecule has 32 heavy (non-hydrogen) atoms. The van der Waals surface area contributed by atoms with Crippen molar-refractivity contribution >= 4 is 46.6 Å². The standard InChI is InChI=1S/C25H25ClN2O3S/c1-3-23(25(30)28-19-6-4-8-21(15-19)31-2)32-22-9-5-7-20(16-22)27-24(29)14-17-10-12-18(26)13-11-17/h4-13,15-16,23H,3,14H2,1-2H3,(H,27,29)(H,28,30). The van der Waals surface area contributed by atoms with Gasteiger partial charge in [-0.25, -0.2) is 0 Å². The third-order valence-corrected chi connectivity index (χ3v) is 6.28. The van der Waals surface area contributed by atoms with E-state index < -0.39 is 0 Å². The lowest BCUT2D eigenvalue weighted by molar-refractivity contribution is -0.116. The number of amides is 2. The highest BCUT2D eigenvalue weighted by Gasteiger charge is 2.18. The zero-order chi connectivity index (χ0) is 22.9. The van der Waals surface area contributed by atoms with Gasteiger partial charge in [0.05, 0.1) is 18.8 Å². The van der Waals surface area contributed by atoms with E-state index in [4.69, 9.17) is 16.3 Å². The number of rotatable bonds is 9. The van der Waals surface area contributed by atoms with Crippen LogP contribution in [0.5, 0.6) is 5.75 Å². The van der Waals surface area contributed by atoms with Gasteiger partial charge in [-0.05, 0) is 54.4 Å². The Morgan fingerprint density at radius 2 is 1.66 bits per heavy atom. The van der Waals surface area contributed by atoms with Gasteiger partial charge >= 0.3 is 0 Å². The van der Waals surface area contributed by atoms with Gasteiger partial charge in [-0.15, -0.1) is 11.8 Å². The van der Waals surface area contributed by atoms with E-state index >= 15 is 0 Å². The number of nitrogens with one attached hydrogen (secondary N) is 2. The minimum absolute atomic E-state index is 0.0806. The van der Waals surface area contributed by atoms with Crippen LogP contribution in [0.1, 0.15) is 18.9 Å². The van der Waals surface area contributed by atoms with Crippen LogP contribution < -0.4 is 15.4 Å². The fraction of sp³-hybridized carbons (Fsp3) is 0.200. The minimum atomic E-state index is -0.277. The van der Waals surface area contributed by atoms with Gasteiger partial charge in [0.1, 0.15) is 5.75 Å². The molecule has 5 nitrogen and oxygen atoms in total. The second-order valence-electron chi connectivity index (χ2n) is 7.12. The summed E-state index contributed by atoms with van der Waals surface area (Å²) >= 11 is 7.36. The summed E-state index contributed by atoms with van der Waals surface area (Å²) in [7, 11) is 1.59. The van der Waals surface area contributed by atoms with Crippen molar-refractivity contribution in [1.82, 2.24) is 0 Å². The number of carbonyl (C=O) groups is 2. The molecule has 0 fully saturated rings. The number of ether oxygens (including phenoxy) is 1. The van der Waals surface area contributed by atoms with Gasteiger partial charge in [0.25, 0.3) is 0 Å². The summed E-state index contributed by atoms with van der Waals surface area (Å²) in [4.78, 5) is 26.1. The van der Waals surface area contributed by atoms with Crippen LogP contribution in [0.2, 0.25) is 5.02 Å². The summed E-state index contributed by atoms with van der Waals surface area (Å²) < 4.78 is 5.21. The zero-order valence-corrected chi connectivity index (χ0v) is 19.5. The van der Waals surface area contributed by atoms with E-state index in [1.807, 2.05) is 61.5 Å². The van der Waals surface area contributed by atoms with E-state index in [1.165, 1.54) is 11.8 Å². The van der Waals surface area contributed by atoms with Gasteiger partial charge in [-0.2, -0.15) is 0 Å². The first kappa shape index (κ1) is 23.7. The molecule has 2 amide bonds. The molecule has 0 aromatic heterocycles. The number of thioether (sulfide) groups is 1. The molecule has 0 aliphatic carbocycles. The molecule has 1 unspecified atom stereocenters. The van der Waals surface area contributed by atoms with Gasteiger partial charge < -0.3 is 15.4 Å². The van der Waals surface area contributed by atoms with Crippen molar-refractivity contribution in [3.05, 3.63) is 83.4 Å². The van der Waals surface area contributed by atoms with Crippen LogP contribution in [-0.4, -0.2) is 24.2 Å². The molecule has 0 saturated heterocycles. The van der Waals surface area contributed by atoms with E-state index in [0.29, 0.717) is 28.6 Å². The molecule has 2 N–H and O–H groups in total. The quantitative estimate of drug-likeness (QED) is 0.376. The molecule has 3 rings (SSSR count). The Bertz CT molecular complexity index is 1070. The maximum Gasteiger partial charge on any atom is 0.237 e. The van der Waals surface area contributed by atoms with E-state index in [9.17, 15) is 9.59 Å². The van der Waals surface area contributed by atoms with Crippen molar-refractivity contribution in [2.75, 3.05) is 17.7 Å². The Morgan fingerprint density at radius 1 is 0.969 bits per heavy atom. The molecule has 0 spiro atoms. The van der Waals surface area contributed by atoms with Crippen molar-refractivity contribution in [3.63, 3.8) is 0 Å². The van der Waals surface area contributed by atoms with Gasteiger partial charge in [0.15, 0.2) is 0 Å². The molecule has 0 aliphatic rings. The van der Waals surface area contributed by atoms with Gasteiger partial charge in [0.2, 0.25) is 11.8 Å². The Balaban J connectivity index is 1.60.